The second-order valence-electron chi connectivity index (χ2n) is 5.23. The Hall–Kier alpha value is -3.56. The highest BCUT2D eigenvalue weighted by Gasteiger charge is 2.33. The van der Waals surface area contributed by atoms with Crippen molar-refractivity contribution >= 4 is 29.3 Å². The number of esters is 1. The summed E-state index contributed by atoms with van der Waals surface area (Å²) in [4.78, 5) is 34.4. The summed E-state index contributed by atoms with van der Waals surface area (Å²) in [6.07, 6.45) is -4.64. The molecular weight excluding hydrogens is 367 g/mol. The van der Waals surface area contributed by atoms with Crippen LogP contribution in [-0.4, -0.2) is 24.5 Å². The minimum Gasteiger partial charge on any atom is -0.452 e. The zero-order chi connectivity index (χ0) is 20.0. The number of ether oxygens (including phenoxy) is 1. The van der Waals surface area contributed by atoms with Gasteiger partial charge in [-0.1, -0.05) is 12.1 Å². The minimum absolute atomic E-state index is 0.0773. The number of hydrogen-bond acceptors (Lipinski definition) is 4. The third kappa shape index (κ3) is 5.73. The summed E-state index contributed by atoms with van der Waals surface area (Å²) in [6, 6.07) is 9.09. The first kappa shape index (κ1) is 19.8. The Morgan fingerprint density at radius 3 is 2.19 bits per heavy atom. The van der Waals surface area contributed by atoms with Crippen LogP contribution in [0, 0.1) is 0 Å². The molecule has 3 amide bonds. The van der Waals surface area contributed by atoms with E-state index in [1.165, 1.54) is 36.4 Å². The molecule has 0 aliphatic heterocycles. The van der Waals surface area contributed by atoms with Crippen molar-refractivity contribution in [1.82, 2.24) is 0 Å². The molecule has 0 atom stereocenters. The number of benzene rings is 2. The molecule has 0 spiro atoms. The predicted octanol–water partition coefficient (Wildman–Crippen LogP) is 2.99. The van der Waals surface area contributed by atoms with Crippen LogP contribution in [0.25, 0.3) is 0 Å². The molecular formula is C17H14F3N3O4. The van der Waals surface area contributed by atoms with Gasteiger partial charge in [0.25, 0.3) is 5.91 Å². The molecule has 142 valence electrons. The number of halogens is 3. The van der Waals surface area contributed by atoms with Gasteiger partial charge in [-0.05, 0) is 36.4 Å². The van der Waals surface area contributed by atoms with Gasteiger partial charge in [0.2, 0.25) is 0 Å². The van der Waals surface area contributed by atoms with E-state index in [2.05, 4.69) is 10.6 Å². The van der Waals surface area contributed by atoms with Crippen molar-refractivity contribution in [2.75, 3.05) is 17.2 Å². The van der Waals surface area contributed by atoms with Gasteiger partial charge in [0.15, 0.2) is 6.61 Å². The molecule has 0 heterocycles. The highest BCUT2D eigenvalue weighted by Crippen LogP contribution is 2.34. The third-order valence-electron chi connectivity index (χ3n) is 3.23. The highest BCUT2D eigenvalue weighted by molar-refractivity contribution is 5.96. The number of para-hydroxylation sites is 1. The quantitative estimate of drug-likeness (QED) is 0.692. The van der Waals surface area contributed by atoms with Gasteiger partial charge in [0, 0.05) is 5.69 Å². The van der Waals surface area contributed by atoms with E-state index in [0.717, 1.165) is 12.1 Å². The van der Waals surface area contributed by atoms with Crippen molar-refractivity contribution in [2.45, 2.75) is 6.18 Å². The Morgan fingerprint density at radius 1 is 0.963 bits per heavy atom. The first-order valence-electron chi connectivity index (χ1n) is 7.46. The summed E-state index contributed by atoms with van der Waals surface area (Å²) in [5, 5.41) is 4.35. The predicted molar refractivity (Wildman–Crippen MR) is 90.0 cm³/mol. The molecule has 0 aromatic heterocycles. The molecule has 27 heavy (non-hydrogen) atoms. The van der Waals surface area contributed by atoms with Crippen molar-refractivity contribution in [3.8, 4) is 0 Å². The SMILES string of the molecule is NC(=O)Nc1ccc(C(=O)OCC(=O)Nc2ccccc2C(F)(F)F)cc1. The topological polar surface area (TPSA) is 111 Å². The van der Waals surface area contributed by atoms with Gasteiger partial charge in [0.05, 0.1) is 16.8 Å². The van der Waals surface area contributed by atoms with Crippen molar-refractivity contribution in [3.05, 3.63) is 59.7 Å². The Labute approximate surface area is 151 Å². The molecule has 0 bridgehead atoms. The lowest BCUT2D eigenvalue weighted by Crippen LogP contribution is -2.22. The minimum atomic E-state index is -4.64. The first-order valence-corrected chi connectivity index (χ1v) is 7.46. The molecule has 0 saturated heterocycles. The van der Waals surface area contributed by atoms with Gasteiger partial charge in [-0.2, -0.15) is 13.2 Å². The molecule has 2 aromatic carbocycles. The van der Waals surface area contributed by atoms with E-state index in [4.69, 9.17) is 10.5 Å². The fraction of sp³-hybridized carbons (Fsp3) is 0.118. The lowest BCUT2D eigenvalue weighted by molar-refractivity contribution is -0.137. The van der Waals surface area contributed by atoms with Crippen LogP contribution < -0.4 is 16.4 Å². The first-order chi connectivity index (χ1) is 12.7. The van der Waals surface area contributed by atoms with Gasteiger partial charge in [-0.25, -0.2) is 9.59 Å². The highest BCUT2D eigenvalue weighted by atomic mass is 19.4. The number of amides is 3. The van der Waals surface area contributed by atoms with E-state index < -0.39 is 41.9 Å². The number of carbonyl (C=O) groups is 3. The van der Waals surface area contributed by atoms with Gasteiger partial charge >= 0.3 is 18.2 Å². The Bertz CT molecular complexity index is 851. The maximum atomic E-state index is 12.9. The monoisotopic (exact) mass is 381 g/mol. The molecule has 2 rings (SSSR count). The van der Waals surface area contributed by atoms with Crippen LogP contribution in [0.2, 0.25) is 0 Å². The van der Waals surface area contributed by atoms with Crippen LogP contribution >= 0.6 is 0 Å². The van der Waals surface area contributed by atoms with E-state index in [1.807, 2.05) is 0 Å². The number of primary amides is 1. The smallest absolute Gasteiger partial charge is 0.418 e. The second kappa shape index (κ2) is 8.21. The standard InChI is InChI=1S/C17H14F3N3O4/c18-17(19,20)12-3-1-2-4-13(12)23-14(24)9-27-15(25)10-5-7-11(8-6-10)22-16(21)26/h1-8H,9H2,(H,23,24)(H3,21,22,26). The van der Waals surface area contributed by atoms with Crippen LogP contribution in [0.3, 0.4) is 0 Å². The van der Waals surface area contributed by atoms with Crippen LogP contribution in [0.1, 0.15) is 15.9 Å². The summed E-state index contributed by atoms with van der Waals surface area (Å²) in [7, 11) is 0. The number of urea groups is 1. The van der Waals surface area contributed by atoms with E-state index in [9.17, 15) is 27.6 Å². The van der Waals surface area contributed by atoms with E-state index >= 15 is 0 Å². The fourth-order valence-electron chi connectivity index (χ4n) is 2.07. The average molecular weight is 381 g/mol. The molecule has 0 aliphatic rings. The molecule has 0 fully saturated rings. The summed E-state index contributed by atoms with van der Waals surface area (Å²) < 4.78 is 43.4. The van der Waals surface area contributed by atoms with Crippen molar-refractivity contribution in [1.29, 1.82) is 0 Å². The number of hydrogen-bond donors (Lipinski definition) is 3. The summed E-state index contributed by atoms with van der Waals surface area (Å²) in [5.74, 6) is -1.79. The van der Waals surface area contributed by atoms with Gasteiger partial charge < -0.3 is 21.1 Å². The Morgan fingerprint density at radius 2 is 1.59 bits per heavy atom. The number of alkyl halides is 3. The normalized spacial score (nSPS) is 10.8. The fourth-order valence-corrected chi connectivity index (χ4v) is 2.07. The zero-order valence-corrected chi connectivity index (χ0v) is 13.7. The zero-order valence-electron chi connectivity index (χ0n) is 13.7. The van der Waals surface area contributed by atoms with Crippen molar-refractivity contribution < 1.29 is 32.3 Å². The van der Waals surface area contributed by atoms with Crippen LogP contribution in [0.5, 0.6) is 0 Å². The third-order valence-corrected chi connectivity index (χ3v) is 3.23. The molecule has 4 N–H and O–H groups in total. The average Bonchev–Trinajstić information content (AvgIpc) is 2.59. The molecule has 7 nitrogen and oxygen atoms in total. The van der Waals surface area contributed by atoms with Crippen LogP contribution in [-0.2, 0) is 15.7 Å². The molecule has 2 aromatic rings. The largest absolute Gasteiger partial charge is 0.452 e. The van der Waals surface area contributed by atoms with E-state index in [-0.39, 0.29) is 5.56 Å². The summed E-state index contributed by atoms with van der Waals surface area (Å²) in [6.45, 7) is -0.772. The number of nitrogens with two attached hydrogens (primary N) is 1. The van der Waals surface area contributed by atoms with Crippen molar-refractivity contribution in [2.24, 2.45) is 5.73 Å². The Balaban J connectivity index is 1.94. The van der Waals surface area contributed by atoms with Crippen molar-refractivity contribution in [3.63, 3.8) is 0 Å². The van der Waals surface area contributed by atoms with Gasteiger partial charge in [0.1, 0.15) is 0 Å². The van der Waals surface area contributed by atoms with E-state index in [0.29, 0.717) is 5.69 Å². The van der Waals surface area contributed by atoms with Gasteiger partial charge in [-0.15, -0.1) is 0 Å². The van der Waals surface area contributed by atoms with E-state index in [1.54, 1.807) is 0 Å². The maximum Gasteiger partial charge on any atom is 0.418 e. The lowest BCUT2D eigenvalue weighted by Gasteiger charge is -2.13. The second-order valence-corrected chi connectivity index (χ2v) is 5.23. The molecule has 0 radical (unpaired) electrons. The maximum absolute atomic E-state index is 12.9. The van der Waals surface area contributed by atoms with Crippen LogP contribution in [0.4, 0.5) is 29.3 Å². The number of anilines is 2. The molecule has 10 heteroatoms. The summed E-state index contributed by atoms with van der Waals surface area (Å²) >= 11 is 0. The Kier molecular flexibility index (Phi) is 6.01. The number of rotatable bonds is 5. The molecule has 0 aliphatic carbocycles. The van der Waals surface area contributed by atoms with Crippen LogP contribution in [0.15, 0.2) is 48.5 Å². The summed E-state index contributed by atoms with van der Waals surface area (Å²) in [5.41, 5.74) is 3.92. The van der Waals surface area contributed by atoms with Gasteiger partial charge in [-0.3, -0.25) is 4.79 Å². The number of carbonyl (C=O) groups excluding carboxylic acids is 3. The molecule has 0 saturated carbocycles. The lowest BCUT2D eigenvalue weighted by atomic mass is 10.1. The number of nitrogens with one attached hydrogen (secondary N) is 2. The molecule has 0 unspecified atom stereocenters.